The van der Waals surface area contributed by atoms with Crippen LogP contribution < -0.4 is 5.32 Å². The van der Waals surface area contributed by atoms with Crippen LogP contribution in [0.2, 0.25) is 0 Å². The molecule has 0 aromatic carbocycles. The van der Waals surface area contributed by atoms with Gasteiger partial charge in [0.25, 0.3) is 0 Å². The molecule has 0 spiro atoms. The first kappa shape index (κ1) is 13.6. The number of amides is 1. The molecule has 18 heavy (non-hydrogen) atoms. The molecule has 0 bridgehead atoms. The van der Waals surface area contributed by atoms with Crippen molar-refractivity contribution in [3.05, 3.63) is 12.7 Å². The van der Waals surface area contributed by atoms with Gasteiger partial charge < -0.3 is 15.2 Å². The Kier molecular flexibility index (Phi) is 4.78. The summed E-state index contributed by atoms with van der Waals surface area (Å²) in [4.78, 5) is 36.9. The van der Waals surface area contributed by atoms with Gasteiger partial charge >= 0.3 is 11.9 Å². The minimum absolute atomic E-state index is 0.176. The highest BCUT2D eigenvalue weighted by Crippen LogP contribution is 1.95. The lowest BCUT2D eigenvalue weighted by Gasteiger charge is -2.13. The molecule has 9 nitrogen and oxygen atoms in total. The minimum atomic E-state index is -1.33. The molecule has 9 heteroatoms. The van der Waals surface area contributed by atoms with Crippen LogP contribution in [0, 0.1) is 0 Å². The highest BCUT2D eigenvalue weighted by Gasteiger charge is 2.23. The van der Waals surface area contributed by atoms with Gasteiger partial charge in [-0.2, -0.15) is 5.10 Å². The second-order valence-corrected chi connectivity index (χ2v) is 3.33. The zero-order valence-electron chi connectivity index (χ0n) is 9.57. The van der Waals surface area contributed by atoms with Crippen LogP contribution in [0.5, 0.6) is 0 Å². The Balaban J connectivity index is 2.52. The third-order valence-corrected chi connectivity index (χ3v) is 2.00. The molecule has 0 aliphatic heterocycles. The second-order valence-electron chi connectivity index (χ2n) is 3.33. The number of carboxylic acids is 1. The second kappa shape index (κ2) is 6.33. The number of aliphatic carboxylic acids is 1. The van der Waals surface area contributed by atoms with E-state index >= 15 is 0 Å². The number of nitrogens with one attached hydrogen (secondary N) is 1. The van der Waals surface area contributed by atoms with Gasteiger partial charge in [0.05, 0.1) is 13.5 Å². The van der Waals surface area contributed by atoms with Crippen LogP contribution >= 0.6 is 0 Å². The summed E-state index contributed by atoms with van der Waals surface area (Å²) in [5, 5.41) is 14.7. The van der Waals surface area contributed by atoms with Crippen molar-refractivity contribution in [2.45, 2.75) is 19.0 Å². The number of aromatic nitrogens is 3. The largest absolute Gasteiger partial charge is 0.480 e. The van der Waals surface area contributed by atoms with Crippen molar-refractivity contribution in [2.24, 2.45) is 0 Å². The Labute approximate surface area is 102 Å². The predicted molar refractivity (Wildman–Crippen MR) is 56.2 cm³/mol. The lowest BCUT2D eigenvalue weighted by atomic mass is 10.2. The maximum Gasteiger partial charge on any atom is 0.326 e. The molecule has 0 fully saturated rings. The number of ether oxygens (including phenoxy) is 1. The van der Waals surface area contributed by atoms with Gasteiger partial charge in [0.1, 0.15) is 25.2 Å². The van der Waals surface area contributed by atoms with Gasteiger partial charge in [-0.3, -0.25) is 9.59 Å². The van der Waals surface area contributed by atoms with Crippen LogP contribution in [-0.4, -0.2) is 50.9 Å². The lowest BCUT2D eigenvalue weighted by molar-refractivity contribution is -0.148. The molecule has 1 aromatic heterocycles. The summed E-state index contributed by atoms with van der Waals surface area (Å²) in [6.07, 6.45) is 2.13. The minimum Gasteiger partial charge on any atom is -0.480 e. The van der Waals surface area contributed by atoms with Crippen molar-refractivity contribution in [2.75, 3.05) is 7.11 Å². The van der Waals surface area contributed by atoms with Gasteiger partial charge in [-0.15, -0.1) is 0 Å². The number of carboxylic acid groups (broad SMARTS) is 1. The first-order valence-corrected chi connectivity index (χ1v) is 4.94. The molecule has 1 rings (SSSR count). The average molecular weight is 256 g/mol. The number of esters is 1. The van der Waals surface area contributed by atoms with Crippen LogP contribution in [0.15, 0.2) is 12.7 Å². The van der Waals surface area contributed by atoms with Gasteiger partial charge in [-0.05, 0) is 0 Å². The summed E-state index contributed by atoms with van der Waals surface area (Å²) in [7, 11) is 1.14. The van der Waals surface area contributed by atoms with Crippen LogP contribution in [0.3, 0.4) is 0 Å². The topological polar surface area (TPSA) is 123 Å². The van der Waals surface area contributed by atoms with E-state index < -0.39 is 30.3 Å². The summed E-state index contributed by atoms with van der Waals surface area (Å²) < 4.78 is 5.57. The molecule has 1 atom stereocenters. The van der Waals surface area contributed by atoms with Gasteiger partial charge in [-0.25, -0.2) is 14.5 Å². The van der Waals surface area contributed by atoms with E-state index in [-0.39, 0.29) is 6.54 Å². The number of carbonyl (C=O) groups excluding carboxylic acids is 2. The summed E-state index contributed by atoms with van der Waals surface area (Å²) in [5.74, 6) is -2.62. The Morgan fingerprint density at radius 1 is 1.50 bits per heavy atom. The molecule has 2 N–H and O–H groups in total. The Bertz CT molecular complexity index is 430. The molecule has 1 aromatic rings. The van der Waals surface area contributed by atoms with Crippen molar-refractivity contribution >= 4 is 17.8 Å². The first-order valence-electron chi connectivity index (χ1n) is 4.94. The zero-order chi connectivity index (χ0) is 13.5. The third kappa shape index (κ3) is 4.20. The fourth-order valence-electron chi connectivity index (χ4n) is 1.15. The maximum atomic E-state index is 11.5. The molecule has 0 aliphatic carbocycles. The molecule has 0 radical (unpaired) electrons. The fourth-order valence-corrected chi connectivity index (χ4v) is 1.15. The van der Waals surface area contributed by atoms with E-state index in [0.29, 0.717) is 0 Å². The normalized spacial score (nSPS) is 11.6. The van der Waals surface area contributed by atoms with Crippen LogP contribution in [-0.2, 0) is 25.7 Å². The van der Waals surface area contributed by atoms with Gasteiger partial charge in [0.15, 0.2) is 0 Å². The number of rotatable bonds is 6. The summed E-state index contributed by atoms with van der Waals surface area (Å²) >= 11 is 0. The van der Waals surface area contributed by atoms with Crippen LogP contribution in [0.25, 0.3) is 0 Å². The Morgan fingerprint density at radius 2 is 2.22 bits per heavy atom. The summed E-state index contributed by atoms with van der Waals surface area (Å²) in [6, 6.07) is -1.33. The van der Waals surface area contributed by atoms with Crippen molar-refractivity contribution in [3.63, 3.8) is 0 Å². The van der Waals surface area contributed by atoms with E-state index in [4.69, 9.17) is 5.11 Å². The van der Waals surface area contributed by atoms with E-state index in [1.807, 2.05) is 0 Å². The van der Waals surface area contributed by atoms with Crippen molar-refractivity contribution in [1.29, 1.82) is 0 Å². The molecule has 1 heterocycles. The molecule has 1 amide bonds. The molecule has 0 unspecified atom stereocenters. The number of nitrogens with zero attached hydrogens (tertiary/aromatic N) is 3. The van der Waals surface area contributed by atoms with E-state index in [9.17, 15) is 14.4 Å². The highest BCUT2D eigenvalue weighted by molar-refractivity contribution is 5.87. The highest BCUT2D eigenvalue weighted by atomic mass is 16.5. The smallest absolute Gasteiger partial charge is 0.326 e. The van der Waals surface area contributed by atoms with Gasteiger partial charge in [0, 0.05) is 0 Å². The van der Waals surface area contributed by atoms with Crippen LogP contribution in [0.4, 0.5) is 0 Å². The van der Waals surface area contributed by atoms with Crippen molar-refractivity contribution in [1.82, 2.24) is 20.1 Å². The monoisotopic (exact) mass is 256 g/mol. The van der Waals surface area contributed by atoms with Crippen LogP contribution in [0.1, 0.15) is 6.42 Å². The maximum absolute atomic E-state index is 11.5. The SMILES string of the molecule is COC(=O)C[C@H](NC(=O)Cn1cncn1)C(=O)O. The van der Waals surface area contributed by atoms with E-state index in [1.54, 1.807) is 0 Å². The number of hydrogen-bond acceptors (Lipinski definition) is 6. The van der Waals surface area contributed by atoms with Gasteiger partial charge in [-0.1, -0.05) is 0 Å². The summed E-state index contributed by atoms with van der Waals surface area (Å²) in [6.45, 7) is -0.176. The Hall–Kier alpha value is -2.45. The molecule has 0 saturated heterocycles. The van der Waals surface area contributed by atoms with E-state index in [1.165, 1.54) is 17.3 Å². The summed E-state index contributed by atoms with van der Waals surface area (Å²) in [5.41, 5.74) is 0. The van der Waals surface area contributed by atoms with Crippen molar-refractivity contribution in [3.8, 4) is 0 Å². The predicted octanol–water partition coefficient (Wildman–Crippen LogP) is -1.59. The molecular weight excluding hydrogens is 244 g/mol. The molecule has 98 valence electrons. The zero-order valence-corrected chi connectivity index (χ0v) is 9.57. The average Bonchev–Trinajstić information content (AvgIpc) is 2.80. The van der Waals surface area contributed by atoms with E-state index in [0.717, 1.165) is 7.11 Å². The standard InChI is InChI=1S/C9H12N4O5/c1-18-8(15)2-6(9(16)17)12-7(14)3-13-5-10-4-11-13/h4-6H,2-3H2,1H3,(H,12,14)(H,16,17)/t6-/m0/s1. The number of carbonyl (C=O) groups is 3. The fraction of sp³-hybridized carbons (Fsp3) is 0.444. The molecule has 0 saturated carbocycles. The number of methoxy groups -OCH3 is 1. The third-order valence-electron chi connectivity index (χ3n) is 2.00. The Morgan fingerprint density at radius 3 is 2.72 bits per heavy atom. The molecular formula is C9H12N4O5. The van der Waals surface area contributed by atoms with Gasteiger partial charge in [0.2, 0.25) is 5.91 Å². The van der Waals surface area contributed by atoms with Crippen molar-refractivity contribution < 1.29 is 24.2 Å². The van der Waals surface area contributed by atoms with E-state index in [2.05, 4.69) is 20.1 Å². The lowest BCUT2D eigenvalue weighted by Crippen LogP contribution is -2.43. The molecule has 0 aliphatic rings. The number of hydrogen-bond donors (Lipinski definition) is 2. The first-order chi connectivity index (χ1) is 8.52. The quantitative estimate of drug-likeness (QED) is 0.588.